The first kappa shape index (κ1) is 33.0. The van der Waals surface area contributed by atoms with E-state index >= 15 is 0 Å². The number of nitrogens with one attached hydrogen (secondary N) is 1. The Bertz CT molecular complexity index is 1270. The average molecular weight is 798 g/mol. The largest absolute Gasteiger partial charge is 0.464 e. The summed E-state index contributed by atoms with van der Waals surface area (Å²) < 4.78 is 17.6. The van der Waals surface area contributed by atoms with Crippen LogP contribution in [0, 0.1) is 0 Å². The van der Waals surface area contributed by atoms with E-state index in [1.807, 2.05) is 12.1 Å². The third-order valence-electron chi connectivity index (χ3n) is 4.54. The number of pyridine rings is 3. The Labute approximate surface area is 259 Å². The molecule has 0 atom stereocenters. The van der Waals surface area contributed by atoms with Crippen molar-refractivity contribution in [3.8, 4) is 0 Å². The van der Waals surface area contributed by atoms with E-state index in [2.05, 4.69) is 84.0 Å². The first-order chi connectivity index (χ1) is 18.6. The standard InChI is InChI=1S/C10H13BrN2O3.C8H7BrN2O2.C6H6Br2N2/c1-2-16-9(14)6-15-5-7-3-8(11)4-13-10(7)12;9-6-1-5-3-13-4-7(12)11-8(5)10-2-6;7-2-4-1-5(8)3-10-6(4)9/h3-4H,2,5-6H2,1H3,(H2,12,13);1-2H,3-4H2,(H,10,11,12);1,3H,2H2,(H2,9,10). The molecule has 1 aliphatic heterocycles. The van der Waals surface area contributed by atoms with Crippen LogP contribution in [0.25, 0.3) is 0 Å². The van der Waals surface area contributed by atoms with Crippen molar-refractivity contribution in [2.24, 2.45) is 0 Å². The number of fused-ring (bicyclic) bond motifs is 1. The fourth-order valence-corrected chi connectivity index (χ4v) is 4.36. The average Bonchev–Trinajstić information content (AvgIpc) is 3.08. The highest BCUT2D eigenvalue weighted by molar-refractivity contribution is 9.11. The Morgan fingerprint density at radius 3 is 2.18 bits per heavy atom. The Kier molecular flexibility index (Phi) is 14.8. The Morgan fingerprint density at radius 2 is 1.56 bits per heavy atom. The number of nitrogen functional groups attached to an aromatic ring is 2. The van der Waals surface area contributed by atoms with Gasteiger partial charge >= 0.3 is 5.97 Å². The van der Waals surface area contributed by atoms with Gasteiger partial charge in [-0.15, -0.1) is 0 Å². The quantitative estimate of drug-likeness (QED) is 0.225. The Morgan fingerprint density at radius 1 is 0.974 bits per heavy atom. The van der Waals surface area contributed by atoms with Gasteiger partial charge in [-0.05, 0) is 72.9 Å². The number of nitrogens with zero attached hydrogens (tertiary/aromatic N) is 3. The second-order valence-electron chi connectivity index (χ2n) is 7.53. The number of anilines is 3. The number of carbonyl (C=O) groups excluding carboxylic acids is 2. The molecule has 0 radical (unpaired) electrons. The minimum atomic E-state index is -0.385. The van der Waals surface area contributed by atoms with Gasteiger partial charge in [0.05, 0.1) is 19.8 Å². The number of hydrogen-bond donors (Lipinski definition) is 3. The monoisotopic (exact) mass is 794 g/mol. The van der Waals surface area contributed by atoms with Crippen LogP contribution in [0.4, 0.5) is 17.5 Å². The summed E-state index contributed by atoms with van der Waals surface area (Å²) in [6, 6.07) is 5.62. The molecule has 0 unspecified atom stereocenters. The van der Waals surface area contributed by atoms with Crippen molar-refractivity contribution in [1.82, 2.24) is 15.0 Å². The summed E-state index contributed by atoms with van der Waals surface area (Å²) in [6.07, 6.45) is 4.93. The van der Waals surface area contributed by atoms with E-state index in [1.54, 1.807) is 31.6 Å². The molecule has 0 aliphatic carbocycles. The summed E-state index contributed by atoms with van der Waals surface area (Å²) in [5.74, 6) is 1.02. The number of halogens is 4. The van der Waals surface area contributed by atoms with Crippen LogP contribution in [0.15, 0.2) is 50.2 Å². The molecule has 39 heavy (non-hydrogen) atoms. The molecule has 0 spiro atoms. The molecule has 4 rings (SSSR count). The number of rotatable bonds is 6. The molecule has 0 bridgehead atoms. The highest BCUT2D eigenvalue weighted by Crippen LogP contribution is 2.21. The zero-order valence-corrected chi connectivity index (χ0v) is 27.1. The van der Waals surface area contributed by atoms with Crippen molar-refractivity contribution in [3.05, 3.63) is 66.9 Å². The van der Waals surface area contributed by atoms with Crippen molar-refractivity contribution < 1.29 is 23.8 Å². The maximum atomic E-state index is 11.0. The minimum absolute atomic E-state index is 0.0835. The Hall–Kier alpha value is -2.17. The topological polar surface area (TPSA) is 165 Å². The molecule has 4 heterocycles. The number of nitrogens with two attached hydrogens (primary N) is 2. The van der Waals surface area contributed by atoms with Gasteiger partial charge < -0.3 is 31.0 Å². The van der Waals surface area contributed by atoms with Crippen LogP contribution in [0.3, 0.4) is 0 Å². The van der Waals surface area contributed by atoms with Crippen LogP contribution in [0.5, 0.6) is 0 Å². The predicted molar refractivity (Wildman–Crippen MR) is 162 cm³/mol. The summed E-state index contributed by atoms with van der Waals surface area (Å²) in [5, 5.41) is 3.40. The summed E-state index contributed by atoms with van der Waals surface area (Å²) in [4.78, 5) is 34.0. The molecule has 15 heteroatoms. The van der Waals surface area contributed by atoms with E-state index in [-0.39, 0.29) is 31.7 Å². The van der Waals surface area contributed by atoms with Gasteiger partial charge in [0, 0.05) is 54.0 Å². The zero-order valence-electron chi connectivity index (χ0n) is 20.8. The van der Waals surface area contributed by atoms with Crippen molar-refractivity contribution in [1.29, 1.82) is 0 Å². The maximum absolute atomic E-state index is 11.0. The molecular weight excluding hydrogens is 772 g/mol. The van der Waals surface area contributed by atoms with Crippen molar-refractivity contribution in [2.75, 3.05) is 36.6 Å². The van der Waals surface area contributed by atoms with Gasteiger partial charge in [-0.3, -0.25) is 4.79 Å². The molecule has 0 fully saturated rings. The zero-order chi connectivity index (χ0) is 28.8. The van der Waals surface area contributed by atoms with E-state index < -0.39 is 0 Å². The van der Waals surface area contributed by atoms with Gasteiger partial charge in [0.25, 0.3) is 5.91 Å². The second-order valence-corrected chi connectivity index (χ2v) is 10.8. The summed E-state index contributed by atoms with van der Waals surface area (Å²) in [7, 11) is 0. The predicted octanol–water partition coefficient (Wildman–Crippen LogP) is 5.14. The number of aromatic nitrogens is 3. The van der Waals surface area contributed by atoms with Gasteiger partial charge in [0.1, 0.15) is 30.7 Å². The number of amides is 1. The molecule has 3 aromatic heterocycles. The van der Waals surface area contributed by atoms with Crippen LogP contribution in [-0.4, -0.2) is 46.6 Å². The lowest BCUT2D eigenvalue weighted by Gasteiger charge is -2.06. The normalized spacial score (nSPS) is 12.0. The molecule has 1 aliphatic rings. The van der Waals surface area contributed by atoms with Crippen molar-refractivity contribution in [3.63, 3.8) is 0 Å². The first-order valence-electron chi connectivity index (χ1n) is 11.2. The van der Waals surface area contributed by atoms with Crippen LogP contribution >= 0.6 is 63.7 Å². The second kappa shape index (κ2) is 17.5. The molecule has 5 N–H and O–H groups in total. The summed E-state index contributed by atoms with van der Waals surface area (Å²) in [5.41, 5.74) is 13.8. The van der Waals surface area contributed by atoms with E-state index in [1.165, 1.54) is 0 Å². The molecule has 0 saturated carbocycles. The third kappa shape index (κ3) is 12.3. The van der Waals surface area contributed by atoms with Gasteiger partial charge in [0.2, 0.25) is 0 Å². The lowest BCUT2D eigenvalue weighted by atomic mass is 10.3. The minimum Gasteiger partial charge on any atom is -0.464 e. The fourth-order valence-electron chi connectivity index (χ4n) is 2.78. The van der Waals surface area contributed by atoms with E-state index in [0.29, 0.717) is 30.7 Å². The highest BCUT2D eigenvalue weighted by atomic mass is 79.9. The number of ether oxygens (including phenoxy) is 3. The van der Waals surface area contributed by atoms with E-state index in [0.717, 1.165) is 35.4 Å². The van der Waals surface area contributed by atoms with Gasteiger partial charge in [-0.2, -0.15) is 0 Å². The van der Waals surface area contributed by atoms with Crippen LogP contribution < -0.4 is 16.8 Å². The lowest BCUT2D eigenvalue weighted by molar-refractivity contribution is -0.148. The van der Waals surface area contributed by atoms with Gasteiger partial charge in [0.15, 0.2) is 0 Å². The van der Waals surface area contributed by atoms with Crippen LogP contribution in [-0.2, 0) is 42.3 Å². The molecule has 11 nitrogen and oxygen atoms in total. The summed E-state index contributed by atoms with van der Waals surface area (Å²) in [6.45, 7) is 2.75. The maximum Gasteiger partial charge on any atom is 0.332 e. The fraction of sp³-hybridized carbons (Fsp3) is 0.292. The number of esters is 1. The smallest absolute Gasteiger partial charge is 0.332 e. The van der Waals surface area contributed by atoms with Gasteiger partial charge in [-0.25, -0.2) is 19.7 Å². The summed E-state index contributed by atoms with van der Waals surface area (Å²) >= 11 is 13.2. The van der Waals surface area contributed by atoms with Gasteiger partial charge in [-0.1, -0.05) is 15.9 Å². The third-order valence-corrected chi connectivity index (χ3v) is 6.45. The number of hydrogen-bond acceptors (Lipinski definition) is 10. The van der Waals surface area contributed by atoms with Crippen molar-refractivity contribution >= 4 is 93.0 Å². The molecule has 1 amide bonds. The molecule has 3 aromatic rings. The molecule has 210 valence electrons. The van der Waals surface area contributed by atoms with Crippen LogP contribution in [0.2, 0.25) is 0 Å². The molecule has 0 aromatic carbocycles. The SMILES string of the molecule is CCOC(=O)COCc1cc(Br)cnc1N.Nc1ncc(Br)cc1CBr.O=C1COCc2cc(Br)cnc2N1. The van der Waals surface area contributed by atoms with Crippen LogP contribution in [0.1, 0.15) is 23.6 Å². The van der Waals surface area contributed by atoms with Crippen molar-refractivity contribution in [2.45, 2.75) is 25.5 Å². The van der Waals surface area contributed by atoms with E-state index in [9.17, 15) is 9.59 Å². The molecule has 0 saturated heterocycles. The highest BCUT2D eigenvalue weighted by Gasteiger charge is 2.13. The molecular formula is C24H26Br4N6O5. The Balaban J connectivity index is 0.000000211. The number of carbonyl (C=O) groups is 2. The number of alkyl halides is 1. The first-order valence-corrected chi connectivity index (χ1v) is 14.7. The van der Waals surface area contributed by atoms with E-state index in [4.69, 9.17) is 25.7 Å². The lowest BCUT2D eigenvalue weighted by Crippen LogP contribution is -2.15.